The molecule has 2 radical (unpaired) electrons. The predicted octanol–water partition coefficient (Wildman–Crippen LogP) is 1.70. The maximum Gasteiger partial charge on any atom is 0.257 e. The van der Waals surface area contributed by atoms with Gasteiger partial charge in [0.1, 0.15) is 7.85 Å². The lowest BCUT2D eigenvalue weighted by atomic mass is 9.88. The van der Waals surface area contributed by atoms with Crippen molar-refractivity contribution in [2.24, 2.45) is 4.99 Å². The molecule has 3 rings (SSSR count). The first-order valence-electron chi connectivity index (χ1n) is 7.47. The summed E-state index contributed by atoms with van der Waals surface area (Å²) in [5.41, 5.74) is 8.52. The van der Waals surface area contributed by atoms with E-state index in [-0.39, 0.29) is 24.0 Å². The Balaban J connectivity index is 0.00000243. The summed E-state index contributed by atoms with van der Waals surface area (Å²) in [4.78, 5) is 20.5. The molecular weight excluding hydrogens is 320 g/mol. The molecule has 0 aliphatic carbocycles. The van der Waals surface area contributed by atoms with Gasteiger partial charge in [-0.25, -0.2) is 9.37 Å². The van der Waals surface area contributed by atoms with Gasteiger partial charge in [-0.05, 0) is 13.0 Å². The number of carbonyl (C=O) groups is 1. The van der Waals surface area contributed by atoms with E-state index in [1.54, 1.807) is 32.4 Å². The number of nitrogens with zero attached hydrogens (tertiary/aromatic N) is 3. The molecule has 0 unspecified atom stereocenters. The average molecular weight is 337 g/mol. The number of nitrogens with one attached hydrogen (secondary N) is 1. The quantitative estimate of drug-likeness (QED) is 0.433. The summed E-state index contributed by atoms with van der Waals surface area (Å²) in [5, 5.41) is 2.64. The molecule has 2 aromatic heterocycles. The highest BCUT2D eigenvalue weighted by Gasteiger charge is 2.15. The minimum absolute atomic E-state index is 0. The number of rotatable bonds is 3. The number of nitrogens with two attached hydrogens (primary N) is 1. The maximum absolute atomic E-state index is 14.1. The van der Waals surface area contributed by atoms with Crippen LogP contribution in [0.5, 0.6) is 0 Å². The van der Waals surface area contributed by atoms with Crippen molar-refractivity contribution < 1.29 is 10.6 Å². The first kappa shape index (κ1) is 16.7. The topological polar surface area (TPSA) is 84.8 Å². The molecule has 2 heterocycles. The van der Waals surface area contributed by atoms with E-state index >= 15 is 0 Å². The first-order valence-corrected chi connectivity index (χ1v) is 7.47. The number of imidazole rings is 1. The van der Waals surface area contributed by atoms with Crippen molar-refractivity contribution in [2.45, 2.75) is 6.92 Å². The van der Waals surface area contributed by atoms with Crippen LogP contribution >= 0.6 is 0 Å². The van der Waals surface area contributed by atoms with Gasteiger partial charge in [-0.15, -0.1) is 0 Å². The van der Waals surface area contributed by atoms with Gasteiger partial charge in [0.05, 0.1) is 22.6 Å². The summed E-state index contributed by atoms with van der Waals surface area (Å²) < 4.78 is 15.6. The van der Waals surface area contributed by atoms with Gasteiger partial charge in [0.25, 0.3) is 5.91 Å². The Morgan fingerprint density at radius 1 is 1.48 bits per heavy atom. The van der Waals surface area contributed by atoms with E-state index in [9.17, 15) is 9.18 Å². The number of anilines is 2. The molecule has 0 aliphatic heterocycles. The van der Waals surface area contributed by atoms with E-state index in [1.807, 2.05) is 0 Å². The molecule has 1 amide bonds. The molecule has 6 nitrogen and oxygen atoms in total. The highest BCUT2D eigenvalue weighted by atomic mass is 19.1. The van der Waals surface area contributed by atoms with Gasteiger partial charge in [0.15, 0.2) is 11.5 Å². The van der Waals surface area contributed by atoms with Gasteiger partial charge >= 0.3 is 0 Å². The molecular formula is C17H17BFN5O. The number of amides is 1. The molecule has 0 aliphatic rings. The van der Waals surface area contributed by atoms with E-state index in [1.165, 1.54) is 22.7 Å². The average Bonchev–Trinajstić information content (AvgIpc) is 2.92. The van der Waals surface area contributed by atoms with Crippen LogP contribution in [-0.2, 0) is 0 Å². The van der Waals surface area contributed by atoms with E-state index in [0.29, 0.717) is 16.7 Å². The van der Waals surface area contributed by atoms with E-state index in [4.69, 9.17) is 13.6 Å². The Morgan fingerprint density at radius 3 is 2.96 bits per heavy atom. The van der Waals surface area contributed by atoms with Crippen LogP contribution in [-0.4, -0.2) is 36.4 Å². The number of carbonyl (C=O) groups excluding carboxylic acids is 1. The van der Waals surface area contributed by atoms with Crippen molar-refractivity contribution in [1.29, 1.82) is 0 Å². The third-order valence-corrected chi connectivity index (χ3v) is 3.71. The van der Waals surface area contributed by atoms with Gasteiger partial charge in [0.2, 0.25) is 0 Å². The second kappa shape index (κ2) is 6.39. The number of halogens is 1. The number of hydrogen-bond acceptors (Lipinski definition) is 4. The zero-order valence-electron chi connectivity index (χ0n) is 13.7. The van der Waals surface area contributed by atoms with E-state index in [2.05, 4.69) is 15.3 Å². The van der Waals surface area contributed by atoms with Gasteiger partial charge in [-0.3, -0.25) is 9.79 Å². The standard InChI is InChI=1S/C17H15BFN5O.H2/c1-9-7-24-8-10(5-14(19)16(24)22-9)23-17(25)11-3-4-13(18)12(6-21-2)15(11)20;/h3-8H,20H2,1-2H3,(H,23,25);1H. The van der Waals surface area contributed by atoms with Crippen molar-refractivity contribution >= 4 is 42.5 Å². The molecule has 0 saturated carbocycles. The molecule has 8 heteroatoms. The zero-order chi connectivity index (χ0) is 18.1. The number of hydrogen-bond donors (Lipinski definition) is 2. The summed E-state index contributed by atoms with van der Waals surface area (Å²) in [5.74, 6) is -1.01. The second-order valence-electron chi connectivity index (χ2n) is 5.56. The number of aromatic nitrogens is 2. The van der Waals surface area contributed by atoms with Gasteiger partial charge in [0, 0.05) is 38.7 Å². The predicted molar refractivity (Wildman–Crippen MR) is 99.7 cm³/mol. The Bertz CT molecular complexity index is 1020. The molecule has 0 fully saturated rings. The monoisotopic (exact) mass is 337 g/mol. The lowest BCUT2D eigenvalue weighted by Crippen LogP contribution is -2.20. The summed E-state index contributed by atoms with van der Waals surface area (Å²) >= 11 is 0. The number of pyridine rings is 1. The molecule has 1 aromatic carbocycles. The van der Waals surface area contributed by atoms with Crippen molar-refractivity contribution in [3.63, 3.8) is 0 Å². The molecule has 126 valence electrons. The van der Waals surface area contributed by atoms with Gasteiger partial charge < -0.3 is 15.5 Å². The maximum atomic E-state index is 14.1. The van der Waals surface area contributed by atoms with Crippen LogP contribution in [0.15, 0.2) is 35.6 Å². The smallest absolute Gasteiger partial charge is 0.257 e. The number of aryl methyl sites for hydroxylation is 1. The zero-order valence-corrected chi connectivity index (χ0v) is 13.7. The van der Waals surface area contributed by atoms with E-state index < -0.39 is 11.7 Å². The lowest BCUT2D eigenvalue weighted by Gasteiger charge is -2.12. The van der Waals surface area contributed by atoms with E-state index in [0.717, 1.165) is 0 Å². The van der Waals surface area contributed by atoms with Crippen molar-refractivity contribution in [3.8, 4) is 0 Å². The number of aliphatic imine (C=N–C) groups is 1. The molecule has 0 spiro atoms. The Morgan fingerprint density at radius 2 is 2.24 bits per heavy atom. The number of nitrogen functional groups attached to an aromatic ring is 1. The van der Waals surface area contributed by atoms with Crippen molar-refractivity contribution in [1.82, 2.24) is 9.38 Å². The minimum Gasteiger partial charge on any atom is -0.398 e. The van der Waals surface area contributed by atoms with Crippen LogP contribution in [0.25, 0.3) is 5.65 Å². The second-order valence-corrected chi connectivity index (χ2v) is 5.56. The third kappa shape index (κ3) is 3.10. The fraction of sp³-hybridized carbons (Fsp3) is 0.118. The summed E-state index contributed by atoms with van der Waals surface area (Å²) in [6.45, 7) is 1.76. The lowest BCUT2D eigenvalue weighted by molar-refractivity contribution is 0.102. The summed E-state index contributed by atoms with van der Waals surface area (Å²) in [7, 11) is 7.43. The van der Waals surface area contributed by atoms with Crippen LogP contribution in [0, 0.1) is 12.7 Å². The van der Waals surface area contributed by atoms with Crippen LogP contribution in [0.2, 0.25) is 0 Å². The third-order valence-electron chi connectivity index (χ3n) is 3.71. The largest absolute Gasteiger partial charge is 0.398 e. The molecule has 3 N–H and O–H groups in total. The van der Waals surface area contributed by atoms with Crippen molar-refractivity contribution in [3.05, 3.63) is 53.2 Å². The van der Waals surface area contributed by atoms with Gasteiger partial charge in [-0.1, -0.05) is 11.5 Å². The number of benzene rings is 1. The van der Waals surface area contributed by atoms with Crippen LogP contribution in [0.3, 0.4) is 0 Å². The summed E-state index contributed by atoms with van der Waals surface area (Å²) in [6, 6.07) is 4.30. The SMILES string of the molecule is [B]c1ccc(C(=O)Nc2cc(F)c3nc(C)cn3c2)c(N)c1C=NC.[HH]. The Hall–Kier alpha value is -3.16. The highest BCUT2D eigenvalue weighted by molar-refractivity contribution is 6.37. The van der Waals surface area contributed by atoms with Crippen LogP contribution in [0.1, 0.15) is 23.0 Å². The minimum atomic E-state index is -0.532. The Labute approximate surface area is 146 Å². The van der Waals surface area contributed by atoms with Gasteiger partial charge in [-0.2, -0.15) is 0 Å². The first-order chi connectivity index (χ1) is 11.9. The Kier molecular flexibility index (Phi) is 4.27. The molecule has 25 heavy (non-hydrogen) atoms. The van der Waals surface area contributed by atoms with Crippen LogP contribution in [0.4, 0.5) is 15.8 Å². The molecule has 3 aromatic rings. The normalized spacial score (nSPS) is 11.3. The highest BCUT2D eigenvalue weighted by Crippen LogP contribution is 2.19. The summed E-state index contributed by atoms with van der Waals surface area (Å²) in [6.07, 6.45) is 4.74. The van der Waals surface area contributed by atoms with Crippen molar-refractivity contribution in [2.75, 3.05) is 18.1 Å². The molecule has 0 atom stereocenters. The molecule has 0 saturated heterocycles. The fourth-order valence-corrected chi connectivity index (χ4v) is 2.57. The van der Waals surface area contributed by atoms with Crippen LogP contribution < -0.4 is 16.5 Å². The fourth-order valence-electron chi connectivity index (χ4n) is 2.57. The molecule has 0 bridgehead atoms. The number of fused-ring (bicyclic) bond motifs is 1.